The van der Waals surface area contributed by atoms with E-state index in [0.717, 1.165) is 0 Å². The molecule has 1 aromatic heterocycles. The van der Waals surface area contributed by atoms with Crippen LogP contribution in [0.4, 0.5) is 10.6 Å². The Morgan fingerprint density at radius 3 is 2.26 bits per heavy atom. The Bertz CT molecular complexity index is 1490. The first-order valence-corrected chi connectivity index (χ1v) is 14.9. The molecule has 4 atom stereocenters. The highest BCUT2D eigenvalue weighted by molar-refractivity contribution is 5.99. The first-order chi connectivity index (χ1) is 22.1. The number of nitrogens with two attached hydrogens (primary N) is 1. The average Bonchev–Trinajstić information content (AvgIpc) is 3.56. The first-order valence-electron chi connectivity index (χ1n) is 14.9. The lowest BCUT2D eigenvalue weighted by Gasteiger charge is -2.32. The van der Waals surface area contributed by atoms with E-state index in [9.17, 15) is 29.1 Å². The zero-order valence-electron chi connectivity index (χ0n) is 25.5. The number of anilines is 1. The highest BCUT2D eigenvalue weighted by Gasteiger charge is 2.41. The van der Waals surface area contributed by atoms with E-state index in [1.54, 1.807) is 86.0 Å². The fraction of sp³-hybridized carbons (Fsp3) is 0.333. The molecule has 13 heteroatoms. The van der Waals surface area contributed by atoms with Gasteiger partial charge >= 0.3 is 6.09 Å². The summed E-state index contributed by atoms with van der Waals surface area (Å²) in [5.74, 6) is -2.41. The fourth-order valence-corrected chi connectivity index (χ4v) is 5.23. The molecule has 5 N–H and O–H groups in total. The van der Waals surface area contributed by atoms with Gasteiger partial charge in [-0.25, -0.2) is 9.78 Å². The van der Waals surface area contributed by atoms with Crippen LogP contribution in [0.1, 0.15) is 30.4 Å². The molecule has 0 spiro atoms. The van der Waals surface area contributed by atoms with Crippen molar-refractivity contribution in [3.8, 4) is 0 Å². The van der Waals surface area contributed by atoms with Crippen molar-refractivity contribution >= 4 is 35.5 Å². The number of carbonyl (C=O) groups excluding carboxylic acids is 5. The minimum atomic E-state index is -1.77. The number of carbonyl (C=O) groups is 5. The van der Waals surface area contributed by atoms with Crippen molar-refractivity contribution in [3.63, 3.8) is 0 Å². The summed E-state index contributed by atoms with van der Waals surface area (Å²) in [6, 6.07) is 19.4. The van der Waals surface area contributed by atoms with Gasteiger partial charge in [-0.1, -0.05) is 66.7 Å². The summed E-state index contributed by atoms with van der Waals surface area (Å²) < 4.78 is 5.20. The molecule has 1 unspecified atom stereocenters. The minimum Gasteiger partial charge on any atom is -0.445 e. The van der Waals surface area contributed by atoms with Gasteiger partial charge in [-0.3, -0.25) is 24.1 Å². The lowest BCUT2D eigenvalue weighted by molar-refractivity contribution is -0.146. The zero-order valence-corrected chi connectivity index (χ0v) is 25.5. The van der Waals surface area contributed by atoms with Gasteiger partial charge in [0.2, 0.25) is 11.8 Å². The summed E-state index contributed by atoms with van der Waals surface area (Å²) in [7, 11) is 1.57. The maximum absolute atomic E-state index is 13.8. The number of amides is 5. The van der Waals surface area contributed by atoms with E-state index in [0.29, 0.717) is 29.8 Å². The van der Waals surface area contributed by atoms with Crippen molar-refractivity contribution in [2.45, 2.75) is 56.5 Å². The number of aromatic nitrogens is 1. The second-order valence-electron chi connectivity index (χ2n) is 11.0. The third kappa shape index (κ3) is 9.11. The van der Waals surface area contributed by atoms with E-state index in [-0.39, 0.29) is 25.5 Å². The molecule has 0 saturated carbocycles. The molecule has 2 aromatic carbocycles. The maximum atomic E-state index is 13.8. The van der Waals surface area contributed by atoms with Gasteiger partial charge in [0.05, 0.1) is 12.5 Å². The van der Waals surface area contributed by atoms with Gasteiger partial charge in [0.25, 0.3) is 11.8 Å². The van der Waals surface area contributed by atoms with Gasteiger partial charge < -0.3 is 31.1 Å². The van der Waals surface area contributed by atoms with Gasteiger partial charge in [-0.05, 0) is 42.5 Å². The lowest BCUT2D eigenvalue weighted by atomic mass is 9.99. The van der Waals surface area contributed by atoms with Crippen molar-refractivity contribution in [3.05, 3.63) is 96.2 Å². The van der Waals surface area contributed by atoms with E-state index in [2.05, 4.69) is 15.6 Å². The van der Waals surface area contributed by atoms with Gasteiger partial charge in [0, 0.05) is 19.8 Å². The number of likely N-dealkylation sites (tertiary alicyclic amines) is 1. The van der Waals surface area contributed by atoms with Crippen LogP contribution < -0.4 is 21.3 Å². The third-order valence-corrected chi connectivity index (χ3v) is 7.63. The number of aliphatic hydroxyl groups excluding tert-OH is 1. The quantitative estimate of drug-likeness (QED) is 0.218. The molecule has 46 heavy (non-hydrogen) atoms. The van der Waals surface area contributed by atoms with Crippen molar-refractivity contribution in [1.82, 2.24) is 20.5 Å². The number of alkyl carbamates (subject to hydrolysis) is 1. The summed E-state index contributed by atoms with van der Waals surface area (Å²) in [6.45, 7) is 0.153. The van der Waals surface area contributed by atoms with Gasteiger partial charge in [-0.15, -0.1) is 0 Å². The Labute approximate surface area is 266 Å². The van der Waals surface area contributed by atoms with Crippen LogP contribution in [0.5, 0.6) is 0 Å². The monoisotopic (exact) mass is 630 g/mol. The van der Waals surface area contributed by atoms with Gasteiger partial charge in [0.15, 0.2) is 6.10 Å². The molecular formula is C33H38N6O7. The lowest BCUT2D eigenvalue weighted by Crippen LogP contribution is -2.58. The molecule has 4 rings (SSSR count). The van der Waals surface area contributed by atoms with Crippen molar-refractivity contribution in [1.29, 1.82) is 0 Å². The number of nitrogens with zero attached hydrogens (tertiary/aromatic N) is 3. The summed E-state index contributed by atoms with van der Waals surface area (Å²) in [6.07, 6.45) is -0.774. The first kappa shape index (κ1) is 33.6. The van der Waals surface area contributed by atoms with Gasteiger partial charge in [0.1, 0.15) is 24.5 Å². The molecule has 242 valence electrons. The molecular weight excluding hydrogens is 592 g/mol. The Kier molecular flexibility index (Phi) is 11.8. The zero-order chi connectivity index (χ0) is 33.1. The maximum Gasteiger partial charge on any atom is 0.408 e. The Hall–Kier alpha value is -5.30. The molecule has 0 radical (unpaired) electrons. The number of rotatable bonds is 13. The van der Waals surface area contributed by atoms with Crippen LogP contribution in [0.25, 0.3) is 0 Å². The molecule has 1 aliphatic rings. The molecule has 0 aliphatic carbocycles. The Morgan fingerprint density at radius 1 is 0.978 bits per heavy atom. The molecule has 1 fully saturated rings. The number of ether oxygens (including phenoxy) is 1. The predicted molar refractivity (Wildman–Crippen MR) is 168 cm³/mol. The van der Waals surface area contributed by atoms with Crippen LogP contribution in [0.15, 0.2) is 85.1 Å². The predicted octanol–water partition coefficient (Wildman–Crippen LogP) is 1.29. The number of aliphatic hydroxyl groups is 1. The third-order valence-electron chi connectivity index (χ3n) is 7.63. The average molecular weight is 631 g/mol. The molecule has 13 nitrogen and oxygen atoms in total. The van der Waals surface area contributed by atoms with E-state index in [1.165, 1.54) is 9.80 Å². The molecule has 1 saturated heterocycles. The van der Waals surface area contributed by atoms with Gasteiger partial charge in [-0.2, -0.15) is 0 Å². The highest BCUT2D eigenvalue weighted by Crippen LogP contribution is 2.23. The number of hydrogen-bond donors (Lipinski definition) is 4. The van der Waals surface area contributed by atoms with Crippen LogP contribution in [0.2, 0.25) is 0 Å². The van der Waals surface area contributed by atoms with Crippen LogP contribution in [0, 0.1) is 0 Å². The number of nitrogens with one attached hydrogen (secondary N) is 2. The van der Waals surface area contributed by atoms with Crippen molar-refractivity contribution in [2.24, 2.45) is 5.73 Å². The van der Waals surface area contributed by atoms with Crippen LogP contribution in [0.3, 0.4) is 0 Å². The topological polar surface area (TPSA) is 184 Å². The van der Waals surface area contributed by atoms with Crippen LogP contribution in [-0.4, -0.2) is 82.5 Å². The van der Waals surface area contributed by atoms with Crippen molar-refractivity contribution in [2.75, 3.05) is 18.5 Å². The smallest absolute Gasteiger partial charge is 0.408 e. The second kappa shape index (κ2) is 16.1. The highest BCUT2D eigenvalue weighted by atomic mass is 16.5. The van der Waals surface area contributed by atoms with E-state index in [1.807, 2.05) is 6.07 Å². The molecule has 3 aromatic rings. The van der Waals surface area contributed by atoms with Crippen molar-refractivity contribution < 1.29 is 33.8 Å². The fourth-order valence-electron chi connectivity index (χ4n) is 5.23. The molecule has 0 bridgehead atoms. The summed E-state index contributed by atoms with van der Waals surface area (Å²) in [5, 5.41) is 16.4. The standard InChI is InChI=1S/C33H38N6O7/c1-38(28-16-8-9-17-35-28)31(43)26-15-10-18-39(26)32(44)29(41)24(19-22-11-4-2-5-12-22)36-30(42)25(20-27(34)40)37-33(45)46-21-23-13-6-3-7-14-23/h2-9,11-14,16-17,24-26,29,41H,10,15,18-21H2,1H3,(H2,34,40)(H,36,42)(H,37,45)/t24-,25-,26-,29?/m0/s1. The molecule has 2 heterocycles. The SMILES string of the molecule is CN(C(=O)[C@@H]1CCCN1C(=O)C(O)[C@H](Cc1ccccc1)NC(=O)[C@H](CC(N)=O)NC(=O)OCc1ccccc1)c1ccccn1. The minimum absolute atomic E-state index is 0.0293. The van der Waals surface area contributed by atoms with E-state index >= 15 is 0 Å². The number of benzene rings is 2. The van der Waals surface area contributed by atoms with Crippen LogP contribution >= 0.6 is 0 Å². The van der Waals surface area contributed by atoms with E-state index < -0.39 is 54.5 Å². The van der Waals surface area contributed by atoms with E-state index in [4.69, 9.17) is 10.5 Å². The number of primary amides is 1. The Morgan fingerprint density at radius 2 is 1.63 bits per heavy atom. The summed E-state index contributed by atoms with van der Waals surface area (Å²) in [4.78, 5) is 71.9. The largest absolute Gasteiger partial charge is 0.445 e. The summed E-state index contributed by atoms with van der Waals surface area (Å²) in [5.41, 5.74) is 6.78. The normalized spacial score (nSPS) is 16.0. The number of likely N-dealkylation sites (N-methyl/N-ethyl adjacent to an activating group) is 1. The summed E-state index contributed by atoms with van der Waals surface area (Å²) >= 11 is 0. The number of hydrogen-bond acceptors (Lipinski definition) is 8. The Balaban J connectivity index is 1.49. The molecule has 1 aliphatic heterocycles. The molecule has 5 amide bonds. The number of pyridine rings is 1. The second-order valence-corrected chi connectivity index (χ2v) is 11.0. The van der Waals surface area contributed by atoms with Crippen LogP contribution in [-0.2, 0) is 36.9 Å².